The molecule has 0 N–H and O–H groups in total. The van der Waals surface area contributed by atoms with E-state index in [1.54, 1.807) is 0 Å². The number of allylic oxidation sites excluding steroid dienone is 2. The van der Waals surface area contributed by atoms with Crippen LogP contribution in [0.15, 0.2) is 101 Å². The zero-order valence-electron chi connectivity index (χ0n) is 23.6. The number of hydrogen-bond acceptors (Lipinski definition) is 8. The molecule has 5 aromatic rings. The molecule has 0 aliphatic carbocycles. The Morgan fingerprint density at radius 2 is 1.21 bits per heavy atom. The molecule has 0 radical (unpaired) electrons. The number of carbonyl (C=O) groups is 1. The van der Waals surface area contributed by atoms with Crippen LogP contribution < -0.4 is 9.80 Å². The zero-order chi connectivity index (χ0) is 29.0. The van der Waals surface area contributed by atoms with Gasteiger partial charge in [-0.2, -0.15) is 0 Å². The van der Waals surface area contributed by atoms with Gasteiger partial charge < -0.3 is 0 Å². The molecule has 0 fully saturated rings. The average Bonchev–Trinajstić information content (AvgIpc) is 3.28. The molecule has 204 valence electrons. The Hall–Kier alpha value is -5.57. The van der Waals surface area contributed by atoms with E-state index in [4.69, 9.17) is 9.97 Å². The topological polar surface area (TPSA) is 99.8 Å². The van der Waals surface area contributed by atoms with Gasteiger partial charge in [0.1, 0.15) is 23.5 Å². The summed E-state index contributed by atoms with van der Waals surface area (Å²) in [7, 11) is 0. The summed E-state index contributed by atoms with van der Waals surface area (Å²) in [6.45, 7) is 8.40. The second-order valence-electron chi connectivity index (χ2n) is 10.4. The molecule has 0 spiro atoms. The van der Waals surface area contributed by atoms with Crippen LogP contribution in [0.5, 0.6) is 0 Å². The molecule has 2 aromatic heterocycles. The van der Waals surface area contributed by atoms with Crippen molar-refractivity contribution in [2.24, 2.45) is 10.2 Å². The normalized spacial score (nSPS) is 15.0. The van der Waals surface area contributed by atoms with Crippen LogP contribution in [-0.4, -0.2) is 25.8 Å². The van der Waals surface area contributed by atoms with Crippen LogP contribution in [0, 0.1) is 27.7 Å². The van der Waals surface area contributed by atoms with Gasteiger partial charge in [0.15, 0.2) is 11.6 Å². The quantitative estimate of drug-likeness (QED) is 0.230. The number of aromatic nitrogens is 4. The molecular weight excluding hydrogens is 524 g/mol. The number of hydrogen-bond donors (Lipinski definition) is 0. The predicted molar refractivity (Wildman–Crippen MR) is 163 cm³/mol. The Morgan fingerprint density at radius 3 is 1.76 bits per heavy atom. The number of azo groups is 1. The third-order valence-electron chi connectivity index (χ3n) is 7.57. The summed E-state index contributed by atoms with van der Waals surface area (Å²) < 4.78 is 0. The fourth-order valence-corrected chi connectivity index (χ4v) is 5.66. The number of aryl methyl sites for hydroxylation is 4. The first-order chi connectivity index (χ1) is 20.4. The summed E-state index contributed by atoms with van der Waals surface area (Å²) in [5, 5.41) is 8.05. The Kier molecular flexibility index (Phi) is 5.93. The van der Waals surface area contributed by atoms with Crippen LogP contribution in [0.2, 0.25) is 0 Å². The van der Waals surface area contributed by atoms with Crippen LogP contribution in [-0.2, 0) is 0 Å². The van der Waals surface area contributed by atoms with Crippen molar-refractivity contribution in [2.45, 2.75) is 27.7 Å². The Morgan fingerprint density at radius 1 is 0.667 bits per heavy atom. The molecular formula is C33H26N8O. The van der Waals surface area contributed by atoms with Gasteiger partial charge in [0.2, 0.25) is 0 Å². The maximum absolute atomic E-state index is 12.4. The van der Waals surface area contributed by atoms with Gasteiger partial charge in [-0.05, 0) is 74.2 Å². The van der Waals surface area contributed by atoms with Crippen LogP contribution >= 0.6 is 0 Å². The lowest BCUT2D eigenvalue weighted by Gasteiger charge is -2.28. The number of rotatable bonds is 3. The molecule has 3 aromatic carbocycles. The number of carbonyl (C=O) groups excluding carboxylic acids is 1. The summed E-state index contributed by atoms with van der Waals surface area (Å²) in [5.74, 6) is 1.80. The molecule has 42 heavy (non-hydrogen) atoms. The van der Waals surface area contributed by atoms with E-state index < -0.39 is 5.91 Å². The van der Waals surface area contributed by atoms with Crippen LogP contribution in [0.3, 0.4) is 0 Å². The molecule has 0 saturated heterocycles. The molecule has 0 atom stereocenters. The molecule has 1 amide bonds. The summed E-state index contributed by atoms with van der Waals surface area (Å²) in [6.07, 6.45) is 6.69. The average molecular weight is 551 g/mol. The number of anilines is 4. The van der Waals surface area contributed by atoms with Crippen molar-refractivity contribution in [1.82, 2.24) is 19.9 Å². The van der Waals surface area contributed by atoms with Gasteiger partial charge in [-0.3, -0.25) is 14.6 Å². The van der Waals surface area contributed by atoms with Crippen LogP contribution in [0.25, 0.3) is 16.7 Å². The first kappa shape index (κ1) is 25.4. The maximum Gasteiger partial charge on any atom is 0.299 e. The second-order valence-corrected chi connectivity index (χ2v) is 10.4. The number of benzene rings is 3. The van der Waals surface area contributed by atoms with E-state index >= 15 is 0 Å². The smallest absolute Gasteiger partial charge is 0.276 e. The molecule has 2 aliphatic rings. The van der Waals surface area contributed by atoms with Gasteiger partial charge in [-0.15, -0.1) is 10.2 Å². The minimum atomic E-state index is -0.460. The van der Waals surface area contributed by atoms with E-state index in [9.17, 15) is 4.79 Å². The number of nitrogens with zero attached hydrogens (tertiary/aromatic N) is 8. The monoisotopic (exact) mass is 550 g/mol. The Labute approximate surface area is 242 Å². The Balaban J connectivity index is 1.55. The lowest BCUT2D eigenvalue weighted by atomic mass is 10.1. The summed E-state index contributed by atoms with van der Waals surface area (Å²) in [5.41, 5.74) is 9.25. The highest BCUT2D eigenvalue weighted by atomic mass is 16.1. The second kappa shape index (κ2) is 9.81. The van der Waals surface area contributed by atoms with Gasteiger partial charge in [0.25, 0.3) is 5.91 Å². The van der Waals surface area contributed by atoms with E-state index in [1.165, 1.54) is 12.5 Å². The lowest BCUT2D eigenvalue weighted by molar-refractivity contribution is 0.0991. The van der Waals surface area contributed by atoms with Crippen molar-refractivity contribution in [3.8, 4) is 0 Å². The van der Waals surface area contributed by atoms with Crippen molar-refractivity contribution < 1.29 is 4.79 Å². The highest BCUT2D eigenvalue weighted by molar-refractivity contribution is 6.01. The van der Waals surface area contributed by atoms with Crippen molar-refractivity contribution >= 4 is 45.6 Å². The van der Waals surface area contributed by atoms with Crippen molar-refractivity contribution in [2.75, 3.05) is 9.80 Å². The highest BCUT2D eigenvalue weighted by Crippen LogP contribution is 2.51. The number of para-hydroxylation sites is 4. The van der Waals surface area contributed by atoms with Crippen molar-refractivity contribution in [1.29, 1.82) is 0 Å². The van der Waals surface area contributed by atoms with Gasteiger partial charge in [-0.25, -0.2) is 19.9 Å². The lowest BCUT2D eigenvalue weighted by Crippen LogP contribution is -2.24. The first-order valence-electron chi connectivity index (χ1n) is 13.6. The third-order valence-corrected chi connectivity index (χ3v) is 7.57. The number of fused-ring (bicyclic) bond motifs is 3. The molecule has 0 saturated carbocycles. The van der Waals surface area contributed by atoms with Crippen LogP contribution in [0.4, 0.5) is 23.0 Å². The van der Waals surface area contributed by atoms with E-state index in [2.05, 4.69) is 94.1 Å². The van der Waals surface area contributed by atoms with Crippen molar-refractivity contribution in [3.63, 3.8) is 0 Å². The zero-order valence-corrected chi connectivity index (χ0v) is 23.6. The molecule has 9 nitrogen and oxygen atoms in total. The molecule has 0 unspecified atom stereocenters. The summed E-state index contributed by atoms with van der Waals surface area (Å²) in [6, 6.07) is 20.4. The molecule has 9 heteroatoms. The molecule has 0 bridgehead atoms. The van der Waals surface area contributed by atoms with Gasteiger partial charge in [0.05, 0.1) is 28.0 Å². The predicted octanol–water partition coefficient (Wildman–Crippen LogP) is 7.43. The summed E-state index contributed by atoms with van der Waals surface area (Å²) >= 11 is 0. The SMILES string of the molecule is Cc1cccc(C)c1N1C(=C/C=C2/N=NC(=O)c3cncnc32)N(c2c(C)cccc2C)c2nc3ccccc3nc21. The van der Waals surface area contributed by atoms with E-state index in [1.807, 2.05) is 36.4 Å². The largest absolute Gasteiger partial charge is 0.299 e. The fraction of sp³-hybridized carbons (Fsp3) is 0.121. The van der Waals surface area contributed by atoms with E-state index in [0.717, 1.165) is 62.1 Å². The molecule has 4 heterocycles. The van der Waals surface area contributed by atoms with Crippen molar-refractivity contribution in [3.05, 3.63) is 125 Å². The van der Waals surface area contributed by atoms with Gasteiger partial charge >= 0.3 is 0 Å². The highest BCUT2D eigenvalue weighted by Gasteiger charge is 2.39. The minimum Gasteiger partial charge on any atom is -0.276 e. The first-order valence-corrected chi connectivity index (χ1v) is 13.6. The standard InChI is InChI=1S/C33H26N8O/c1-19-9-7-10-20(2)29(19)40-27(16-15-26-28-23(17-34-18-35-28)33(42)39-38-26)41(30-21(3)11-8-12-22(30)4)32-31(40)36-24-13-5-6-14-25(24)37-32/h5-18H,1-4H3/b26-15+. The number of amides is 1. The van der Waals surface area contributed by atoms with E-state index in [0.29, 0.717) is 17.0 Å². The van der Waals surface area contributed by atoms with Crippen LogP contribution in [0.1, 0.15) is 38.3 Å². The molecule has 2 aliphatic heterocycles. The summed E-state index contributed by atoms with van der Waals surface area (Å²) in [4.78, 5) is 35.4. The maximum atomic E-state index is 12.4. The van der Waals surface area contributed by atoms with Gasteiger partial charge in [-0.1, -0.05) is 48.5 Å². The van der Waals surface area contributed by atoms with E-state index in [-0.39, 0.29) is 0 Å². The fourth-order valence-electron chi connectivity index (χ4n) is 5.66. The third kappa shape index (κ3) is 3.97. The minimum absolute atomic E-state index is 0.319. The molecule has 7 rings (SSSR count). The Bertz CT molecular complexity index is 1890. The van der Waals surface area contributed by atoms with Gasteiger partial charge in [0, 0.05) is 6.20 Å².